The summed E-state index contributed by atoms with van der Waals surface area (Å²) < 4.78 is 0. The fourth-order valence-electron chi connectivity index (χ4n) is 1.60. The van der Waals surface area contributed by atoms with E-state index < -0.39 is 0 Å². The average molecular weight is 154 g/mol. The number of piperidine rings is 1. The minimum absolute atomic E-state index is 0.872. The summed E-state index contributed by atoms with van der Waals surface area (Å²) in [6.07, 6.45) is 4.00. The molecular weight excluding hydrogens is 140 g/mol. The molecule has 0 radical (unpaired) electrons. The number of hydrazine groups is 1. The van der Waals surface area contributed by atoms with Crippen LogP contribution in [0.4, 0.5) is 0 Å². The average Bonchev–Trinajstić information content (AvgIpc) is 2.58. The van der Waals surface area contributed by atoms with Gasteiger partial charge in [0.15, 0.2) is 0 Å². The molecule has 0 aliphatic carbocycles. The van der Waals surface area contributed by atoms with Gasteiger partial charge in [-0.1, -0.05) is 11.6 Å². The molecule has 0 N–H and O–H groups in total. The Bertz CT molecular complexity index is 151. The molecule has 0 bridgehead atoms. The summed E-state index contributed by atoms with van der Waals surface area (Å²) in [7, 11) is 0. The monoisotopic (exact) mass is 154 g/mol. The van der Waals surface area contributed by atoms with Crippen LogP contribution in [-0.2, 0) is 0 Å². The van der Waals surface area contributed by atoms with Gasteiger partial charge in [-0.3, -0.25) is 0 Å². The second-order valence-electron chi connectivity index (χ2n) is 3.06. The molecule has 4 heteroatoms. The standard InChI is InChI=1S/C7H14N4/c1-2-5-10(6-3-1)11-7-4-8-9-11/h1-7H2. The van der Waals surface area contributed by atoms with Gasteiger partial charge >= 0.3 is 0 Å². The van der Waals surface area contributed by atoms with E-state index in [0.717, 1.165) is 13.1 Å². The van der Waals surface area contributed by atoms with Crippen LogP contribution in [0.1, 0.15) is 19.3 Å². The van der Waals surface area contributed by atoms with E-state index in [1.807, 2.05) is 5.12 Å². The maximum Gasteiger partial charge on any atom is 0.0830 e. The third kappa shape index (κ3) is 1.50. The van der Waals surface area contributed by atoms with Crippen molar-refractivity contribution in [2.45, 2.75) is 19.3 Å². The van der Waals surface area contributed by atoms with Gasteiger partial charge in [0.1, 0.15) is 0 Å². The first-order valence-electron chi connectivity index (χ1n) is 4.36. The van der Waals surface area contributed by atoms with Crippen LogP contribution in [0.3, 0.4) is 0 Å². The van der Waals surface area contributed by atoms with Crippen molar-refractivity contribution in [1.29, 1.82) is 0 Å². The largest absolute Gasteiger partial charge is 0.207 e. The van der Waals surface area contributed by atoms with Crippen LogP contribution < -0.4 is 0 Å². The topological polar surface area (TPSA) is 31.2 Å². The Hall–Kier alpha value is -0.640. The molecule has 0 aromatic heterocycles. The summed E-state index contributed by atoms with van der Waals surface area (Å²) in [5, 5.41) is 12.3. The predicted molar refractivity (Wildman–Crippen MR) is 41.9 cm³/mol. The lowest BCUT2D eigenvalue weighted by Gasteiger charge is -2.31. The molecule has 2 aliphatic heterocycles. The van der Waals surface area contributed by atoms with Gasteiger partial charge in [0, 0.05) is 13.1 Å². The Labute approximate surface area is 66.8 Å². The van der Waals surface area contributed by atoms with E-state index in [9.17, 15) is 0 Å². The first-order valence-corrected chi connectivity index (χ1v) is 4.36. The van der Waals surface area contributed by atoms with Crippen molar-refractivity contribution in [2.24, 2.45) is 10.3 Å². The summed E-state index contributed by atoms with van der Waals surface area (Å²) in [4.78, 5) is 0. The Kier molecular flexibility index (Phi) is 2.03. The summed E-state index contributed by atoms with van der Waals surface area (Å²) in [5.41, 5.74) is 0. The van der Waals surface area contributed by atoms with Crippen molar-refractivity contribution < 1.29 is 0 Å². The molecule has 0 spiro atoms. The van der Waals surface area contributed by atoms with Crippen LogP contribution in [0.5, 0.6) is 0 Å². The second-order valence-corrected chi connectivity index (χ2v) is 3.06. The zero-order valence-corrected chi connectivity index (χ0v) is 6.74. The number of rotatable bonds is 1. The fourth-order valence-corrected chi connectivity index (χ4v) is 1.60. The molecule has 0 atom stereocenters. The first kappa shape index (κ1) is 7.03. The highest BCUT2D eigenvalue weighted by molar-refractivity contribution is 4.64. The van der Waals surface area contributed by atoms with Gasteiger partial charge in [0.05, 0.1) is 13.1 Å². The summed E-state index contributed by atoms with van der Waals surface area (Å²) in [5.74, 6) is 0. The van der Waals surface area contributed by atoms with Gasteiger partial charge in [-0.15, -0.1) is 0 Å². The molecular formula is C7H14N4. The molecule has 11 heavy (non-hydrogen) atoms. The van der Waals surface area contributed by atoms with E-state index in [1.165, 1.54) is 32.4 Å². The number of hydrogen-bond donors (Lipinski definition) is 0. The van der Waals surface area contributed by atoms with Crippen LogP contribution in [0, 0.1) is 0 Å². The molecule has 1 saturated heterocycles. The van der Waals surface area contributed by atoms with Crippen LogP contribution in [0.25, 0.3) is 0 Å². The van der Waals surface area contributed by atoms with E-state index in [4.69, 9.17) is 0 Å². The molecule has 0 aromatic rings. The highest BCUT2D eigenvalue weighted by Gasteiger charge is 2.18. The molecule has 2 aliphatic rings. The highest BCUT2D eigenvalue weighted by atomic mass is 15.8. The summed E-state index contributed by atoms with van der Waals surface area (Å²) >= 11 is 0. The molecule has 2 rings (SSSR count). The van der Waals surface area contributed by atoms with Gasteiger partial charge < -0.3 is 0 Å². The van der Waals surface area contributed by atoms with Crippen molar-refractivity contribution in [3.8, 4) is 0 Å². The van der Waals surface area contributed by atoms with Crippen LogP contribution in [0.2, 0.25) is 0 Å². The van der Waals surface area contributed by atoms with Gasteiger partial charge in [-0.25, -0.2) is 10.1 Å². The van der Waals surface area contributed by atoms with Gasteiger partial charge in [-0.2, -0.15) is 5.11 Å². The summed E-state index contributed by atoms with van der Waals surface area (Å²) in [6.45, 7) is 4.19. The maximum atomic E-state index is 4.04. The predicted octanol–water partition coefficient (Wildman–Crippen LogP) is 1.07. The third-order valence-electron chi connectivity index (χ3n) is 2.23. The Morgan fingerprint density at radius 1 is 0.909 bits per heavy atom. The smallest absolute Gasteiger partial charge is 0.0830 e. The lowest BCUT2D eigenvalue weighted by atomic mass is 10.2. The van der Waals surface area contributed by atoms with Gasteiger partial charge in [-0.05, 0) is 12.8 Å². The minimum atomic E-state index is 0.872. The number of hydrogen-bond acceptors (Lipinski definition) is 4. The quantitative estimate of drug-likeness (QED) is 0.565. The van der Waals surface area contributed by atoms with E-state index in [2.05, 4.69) is 15.3 Å². The molecule has 0 unspecified atom stereocenters. The number of nitrogens with zero attached hydrogens (tertiary/aromatic N) is 4. The van der Waals surface area contributed by atoms with Crippen molar-refractivity contribution in [2.75, 3.05) is 26.2 Å². The first-order chi connectivity index (χ1) is 5.47. The van der Waals surface area contributed by atoms with Gasteiger partial charge in [0.2, 0.25) is 0 Å². The maximum absolute atomic E-state index is 4.04. The van der Waals surface area contributed by atoms with Gasteiger partial charge in [0.25, 0.3) is 0 Å². The van der Waals surface area contributed by atoms with E-state index >= 15 is 0 Å². The lowest BCUT2D eigenvalue weighted by molar-refractivity contribution is -0.0284. The molecule has 2 heterocycles. The van der Waals surface area contributed by atoms with Crippen LogP contribution in [0.15, 0.2) is 10.3 Å². The van der Waals surface area contributed by atoms with Crippen LogP contribution in [-0.4, -0.2) is 36.3 Å². The van der Waals surface area contributed by atoms with Crippen molar-refractivity contribution >= 4 is 0 Å². The normalized spacial score (nSPS) is 26.4. The Morgan fingerprint density at radius 3 is 2.36 bits per heavy atom. The highest BCUT2D eigenvalue weighted by Crippen LogP contribution is 2.13. The fraction of sp³-hybridized carbons (Fsp3) is 1.00. The van der Waals surface area contributed by atoms with E-state index in [1.54, 1.807) is 0 Å². The molecule has 1 fully saturated rings. The molecule has 4 nitrogen and oxygen atoms in total. The minimum Gasteiger partial charge on any atom is -0.207 e. The molecule has 0 aromatic carbocycles. The SMILES string of the molecule is C1CCN(N2CCN=N2)CC1. The van der Waals surface area contributed by atoms with E-state index in [-0.39, 0.29) is 0 Å². The lowest BCUT2D eigenvalue weighted by Crippen LogP contribution is -2.41. The molecule has 62 valence electrons. The molecule has 0 amide bonds. The van der Waals surface area contributed by atoms with E-state index in [0.29, 0.717) is 0 Å². The van der Waals surface area contributed by atoms with Crippen molar-refractivity contribution in [3.63, 3.8) is 0 Å². The second kappa shape index (κ2) is 3.17. The van der Waals surface area contributed by atoms with Crippen molar-refractivity contribution in [1.82, 2.24) is 10.1 Å². The van der Waals surface area contributed by atoms with Crippen molar-refractivity contribution in [3.05, 3.63) is 0 Å². The zero-order valence-electron chi connectivity index (χ0n) is 6.74. The third-order valence-corrected chi connectivity index (χ3v) is 2.23. The van der Waals surface area contributed by atoms with Crippen LogP contribution >= 0.6 is 0 Å². The Morgan fingerprint density at radius 2 is 1.73 bits per heavy atom. The molecule has 0 saturated carbocycles. The Balaban J connectivity index is 1.87. The zero-order chi connectivity index (χ0) is 7.52. The summed E-state index contributed by atoms with van der Waals surface area (Å²) in [6, 6.07) is 0.